The summed E-state index contributed by atoms with van der Waals surface area (Å²) < 4.78 is 9.65. The van der Waals surface area contributed by atoms with Crippen LogP contribution in [0.2, 0.25) is 0 Å². The Balaban J connectivity index is 1.45. The van der Waals surface area contributed by atoms with E-state index in [-0.39, 0.29) is 0 Å². The van der Waals surface area contributed by atoms with Gasteiger partial charge in [0.15, 0.2) is 0 Å². The summed E-state index contributed by atoms with van der Waals surface area (Å²) in [7, 11) is 0. The fourth-order valence-electron chi connectivity index (χ4n) is 4.04. The van der Waals surface area contributed by atoms with Crippen LogP contribution in [0.4, 0.5) is 0 Å². The minimum Gasteiger partial charge on any atom is -0.431 e. The molecule has 1 aliphatic heterocycles. The van der Waals surface area contributed by atoms with Crippen molar-refractivity contribution in [3.63, 3.8) is 0 Å². The summed E-state index contributed by atoms with van der Waals surface area (Å²) in [5.74, 6) is 0.850. The van der Waals surface area contributed by atoms with Crippen molar-refractivity contribution in [2.75, 3.05) is 13.1 Å². The Morgan fingerprint density at radius 2 is 1.93 bits per heavy atom. The van der Waals surface area contributed by atoms with Crippen molar-refractivity contribution in [1.82, 2.24) is 14.5 Å². The number of thiazole rings is 1. The smallest absolute Gasteiger partial charge is 0.279 e. The Hall–Kier alpha value is -2.37. The molecule has 4 nitrogen and oxygen atoms in total. The summed E-state index contributed by atoms with van der Waals surface area (Å²) >= 11 is 1.59. The number of fused-ring (bicyclic) bond motifs is 2. The van der Waals surface area contributed by atoms with Gasteiger partial charge < -0.3 is 9.30 Å². The number of hydrogen-bond acceptors (Lipinski definition) is 4. The first kappa shape index (κ1) is 16.8. The number of aromatic nitrogens is 2. The highest BCUT2D eigenvalue weighted by atomic mass is 32.1. The second kappa shape index (κ2) is 6.98. The van der Waals surface area contributed by atoms with E-state index in [1.165, 1.54) is 42.5 Å². The lowest BCUT2D eigenvalue weighted by Gasteiger charge is -2.16. The standard InChI is InChI=1S/C22H23N3OS/c1-2-25-17(15-24-11-5-6-12-24)13-16-14-18(9-10-20(16)25)26-22-23-19-7-3-4-8-21(19)27-22/h3-4,7-10,13-14H,2,5-6,11-12,15H2,1H3. The summed E-state index contributed by atoms with van der Waals surface area (Å²) in [6, 6.07) is 16.8. The molecule has 0 bridgehead atoms. The fourth-order valence-corrected chi connectivity index (χ4v) is 4.87. The first-order chi connectivity index (χ1) is 13.3. The summed E-state index contributed by atoms with van der Waals surface area (Å²) in [5.41, 5.74) is 3.67. The third kappa shape index (κ3) is 3.22. The molecule has 27 heavy (non-hydrogen) atoms. The molecular formula is C22H23N3OS. The third-order valence-corrected chi connectivity index (χ3v) is 6.25. The predicted octanol–water partition coefficient (Wildman–Crippen LogP) is 5.66. The van der Waals surface area contributed by atoms with Crippen molar-refractivity contribution in [2.24, 2.45) is 0 Å². The van der Waals surface area contributed by atoms with E-state index in [1.54, 1.807) is 11.3 Å². The van der Waals surface area contributed by atoms with Gasteiger partial charge in [-0.1, -0.05) is 23.5 Å². The van der Waals surface area contributed by atoms with E-state index in [1.807, 2.05) is 18.2 Å². The van der Waals surface area contributed by atoms with Crippen molar-refractivity contribution in [3.05, 3.63) is 54.2 Å². The lowest BCUT2D eigenvalue weighted by molar-refractivity contribution is 0.322. The average Bonchev–Trinajstić information content (AvgIpc) is 3.39. The van der Waals surface area contributed by atoms with E-state index >= 15 is 0 Å². The SMILES string of the molecule is CCn1c(CN2CCCC2)cc2cc(Oc3nc4ccccc4s3)ccc21. The first-order valence-electron chi connectivity index (χ1n) is 9.68. The van der Waals surface area contributed by atoms with Crippen LogP contribution in [0.5, 0.6) is 10.9 Å². The predicted molar refractivity (Wildman–Crippen MR) is 112 cm³/mol. The van der Waals surface area contributed by atoms with Gasteiger partial charge in [-0.2, -0.15) is 0 Å². The fraction of sp³-hybridized carbons (Fsp3) is 0.318. The number of ether oxygens (including phenoxy) is 1. The van der Waals surface area contributed by atoms with E-state index in [0.717, 1.165) is 29.1 Å². The Kier molecular flexibility index (Phi) is 4.34. The van der Waals surface area contributed by atoms with Gasteiger partial charge in [0.1, 0.15) is 5.75 Å². The molecule has 0 amide bonds. The minimum absolute atomic E-state index is 0.697. The highest BCUT2D eigenvalue weighted by Gasteiger charge is 2.16. The second-order valence-corrected chi connectivity index (χ2v) is 8.13. The Bertz CT molecular complexity index is 1060. The lowest BCUT2D eigenvalue weighted by Crippen LogP contribution is -2.20. The van der Waals surface area contributed by atoms with Gasteiger partial charge in [-0.05, 0) is 69.3 Å². The molecule has 1 aliphatic rings. The molecule has 0 saturated carbocycles. The van der Waals surface area contributed by atoms with Gasteiger partial charge in [-0.3, -0.25) is 4.90 Å². The Morgan fingerprint density at radius 1 is 1.07 bits per heavy atom. The normalized spacial score (nSPS) is 15.1. The van der Waals surface area contributed by atoms with Crippen LogP contribution in [0, 0.1) is 0 Å². The molecule has 2 aromatic heterocycles. The number of para-hydroxylation sites is 1. The number of likely N-dealkylation sites (tertiary alicyclic amines) is 1. The molecule has 0 spiro atoms. The van der Waals surface area contributed by atoms with Crippen LogP contribution < -0.4 is 4.74 Å². The van der Waals surface area contributed by atoms with Crippen molar-refractivity contribution < 1.29 is 4.74 Å². The van der Waals surface area contributed by atoms with Gasteiger partial charge in [0.2, 0.25) is 0 Å². The molecule has 0 N–H and O–H groups in total. The number of hydrogen-bond donors (Lipinski definition) is 0. The maximum atomic E-state index is 6.08. The number of nitrogens with zero attached hydrogens (tertiary/aromatic N) is 3. The van der Waals surface area contributed by atoms with E-state index in [2.05, 4.69) is 51.7 Å². The Morgan fingerprint density at radius 3 is 2.74 bits per heavy atom. The molecule has 2 aromatic carbocycles. The molecule has 4 aromatic rings. The topological polar surface area (TPSA) is 30.3 Å². The zero-order valence-corrected chi connectivity index (χ0v) is 16.3. The first-order valence-corrected chi connectivity index (χ1v) is 10.5. The van der Waals surface area contributed by atoms with Gasteiger partial charge in [0.25, 0.3) is 5.19 Å². The molecule has 3 heterocycles. The van der Waals surface area contributed by atoms with Gasteiger partial charge in [-0.15, -0.1) is 0 Å². The molecule has 0 radical (unpaired) electrons. The quantitative estimate of drug-likeness (QED) is 0.450. The van der Waals surface area contributed by atoms with E-state index in [0.29, 0.717) is 5.19 Å². The monoisotopic (exact) mass is 377 g/mol. The van der Waals surface area contributed by atoms with E-state index in [4.69, 9.17) is 4.74 Å². The molecule has 0 unspecified atom stereocenters. The highest BCUT2D eigenvalue weighted by molar-refractivity contribution is 7.20. The van der Waals surface area contributed by atoms with Crippen molar-refractivity contribution in [3.8, 4) is 10.9 Å². The number of rotatable bonds is 5. The zero-order valence-electron chi connectivity index (χ0n) is 15.5. The molecule has 1 fully saturated rings. The van der Waals surface area contributed by atoms with Crippen LogP contribution in [-0.2, 0) is 13.1 Å². The maximum Gasteiger partial charge on any atom is 0.279 e. The maximum absolute atomic E-state index is 6.08. The largest absolute Gasteiger partial charge is 0.431 e. The second-order valence-electron chi connectivity index (χ2n) is 7.13. The molecule has 0 aliphatic carbocycles. The van der Waals surface area contributed by atoms with E-state index in [9.17, 15) is 0 Å². The van der Waals surface area contributed by atoms with Crippen molar-refractivity contribution >= 4 is 32.5 Å². The van der Waals surface area contributed by atoms with Crippen LogP contribution in [-0.4, -0.2) is 27.5 Å². The van der Waals surface area contributed by atoms with Crippen LogP contribution in [0.15, 0.2) is 48.5 Å². The highest BCUT2D eigenvalue weighted by Crippen LogP contribution is 2.33. The number of benzene rings is 2. The van der Waals surface area contributed by atoms with Crippen LogP contribution in [0.3, 0.4) is 0 Å². The number of aryl methyl sites for hydroxylation is 1. The van der Waals surface area contributed by atoms with Crippen molar-refractivity contribution in [1.29, 1.82) is 0 Å². The van der Waals surface area contributed by atoms with Crippen LogP contribution >= 0.6 is 11.3 Å². The molecule has 138 valence electrons. The summed E-state index contributed by atoms with van der Waals surface area (Å²) in [4.78, 5) is 7.13. The lowest BCUT2D eigenvalue weighted by atomic mass is 10.2. The average molecular weight is 378 g/mol. The third-order valence-electron chi connectivity index (χ3n) is 5.34. The molecule has 5 heteroatoms. The molecular weight excluding hydrogens is 354 g/mol. The van der Waals surface area contributed by atoms with Crippen molar-refractivity contribution in [2.45, 2.75) is 32.9 Å². The molecule has 1 saturated heterocycles. The van der Waals surface area contributed by atoms with Crippen LogP contribution in [0.25, 0.3) is 21.1 Å². The minimum atomic E-state index is 0.697. The van der Waals surface area contributed by atoms with Gasteiger partial charge in [0, 0.05) is 29.7 Å². The van der Waals surface area contributed by atoms with E-state index < -0.39 is 0 Å². The summed E-state index contributed by atoms with van der Waals surface area (Å²) in [6.45, 7) is 6.69. The van der Waals surface area contributed by atoms with Gasteiger partial charge in [-0.25, -0.2) is 4.98 Å². The Labute approximate surface area is 163 Å². The molecule has 5 rings (SSSR count). The van der Waals surface area contributed by atoms with Gasteiger partial charge in [0.05, 0.1) is 10.2 Å². The van der Waals surface area contributed by atoms with Gasteiger partial charge >= 0.3 is 0 Å². The zero-order chi connectivity index (χ0) is 18.2. The summed E-state index contributed by atoms with van der Waals surface area (Å²) in [6.07, 6.45) is 2.65. The molecule has 0 atom stereocenters. The summed E-state index contributed by atoms with van der Waals surface area (Å²) in [5, 5.41) is 1.94. The van der Waals surface area contributed by atoms with Crippen LogP contribution in [0.1, 0.15) is 25.5 Å².